The van der Waals surface area contributed by atoms with Gasteiger partial charge in [0.25, 0.3) is 0 Å². The Morgan fingerprint density at radius 2 is 1.84 bits per heavy atom. The van der Waals surface area contributed by atoms with Crippen LogP contribution in [0.15, 0.2) is 29.2 Å². The first-order valence-corrected chi connectivity index (χ1v) is 8.98. The zero-order valence-corrected chi connectivity index (χ0v) is 15.7. The molecule has 25 heavy (non-hydrogen) atoms. The Morgan fingerprint density at radius 3 is 2.44 bits per heavy atom. The first-order chi connectivity index (χ1) is 11.8. The van der Waals surface area contributed by atoms with Gasteiger partial charge in [-0.3, -0.25) is 0 Å². The van der Waals surface area contributed by atoms with Crippen LogP contribution in [0.3, 0.4) is 0 Å². The maximum absolute atomic E-state index is 12.7. The number of hydrogen-bond donors (Lipinski definition) is 1. The van der Waals surface area contributed by atoms with Crippen LogP contribution in [0.2, 0.25) is 0 Å². The lowest BCUT2D eigenvalue weighted by molar-refractivity contribution is 0.392. The van der Waals surface area contributed by atoms with Crippen LogP contribution >= 0.6 is 0 Å². The number of aromatic nitrogens is 2. The van der Waals surface area contributed by atoms with E-state index in [1.165, 1.54) is 20.3 Å². The van der Waals surface area contributed by atoms with Crippen molar-refractivity contribution in [1.82, 2.24) is 14.7 Å². The predicted molar refractivity (Wildman–Crippen MR) is 94.7 cm³/mol. The molecule has 0 atom stereocenters. The summed E-state index contributed by atoms with van der Waals surface area (Å²) in [6.07, 6.45) is 0. The fourth-order valence-corrected chi connectivity index (χ4v) is 3.33. The van der Waals surface area contributed by atoms with Crippen molar-refractivity contribution in [2.24, 2.45) is 0 Å². The molecule has 0 saturated carbocycles. The highest BCUT2D eigenvalue weighted by Crippen LogP contribution is 2.28. The van der Waals surface area contributed by atoms with E-state index in [0.29, 0.717) is 17.4 Å². The highest BCUT2D eigenvalue weighted by molar-refractivity contribution is 7.89. The maximum atomic E-state index is 12.7. The molecule has 9 heteroatoms. The van der Waals surface area contributed by atoms with Gasteiger partial charge in [0.1, 0.15) is 16.4 Å². The largest absolute Gasteiger partial charge is 0.497 e. The lowest BCUT2D eigenvalue weighted by Gasteiger charge is -2.14. The Kier molecular flexibility index (Phi) is 5.81. The summed E-state index contributed by atoms with van der Waals surface area (Å²) in [5.41, 5.74) is 1.33. The first kappa shape index (κ1) is 18.9. The number of benzene rings is 1. The van der Waals surface area contributed by atoms with Crippen LogP contribution in [0.25, 0.3) is 0 Å². The summed E-state index contributed by atoms with van der Waals surface area (Å²) in [7, 11) is 2.72. The van der Waals surface area contributed by atoms with Gasteiger partial charge in [-0.15, -0.1) is 0 Å². The van der Waals surface area contributed by atoms with Crippen molar-refractivity contribution in [1.29, 1.82) is 0 Å². The van der Waals surface area contributed by atoms with E-state index >= 15 is 0 Å². The van der Waals surface area contributed by atoms with E-state index in [1.54, 1.807) is 23.1 Å². The van der Waals surface area contributed by atoms with Gasteiger partial charge in [-0.1, -0.05) is 0 Å². The van der Waals surface area contributed by atoms with Crippen LogP contribution in [0.5, 0.6) is 11.5 Å². The molecule has 136 valence electrons. The Labute approximate surface area is 147 Å². The van der Waals surface area contributed by atoms with Gasteiger partial charge in [0, 0.05) is 25.9 Å². The highest BCUT2D eigenvalue weighted by atomic mass is 32.2. The van der Waals surface area contributed by atoms with E-state index in [0.717, 1.165) is 5.69 Å². The summed E-state index contributed by atoms with van der Waals surface area (Å²) >= 11 is 0. The number of sulfonamides is 1. The second-order valence-electron chi connectivity index (χ2n) is 5.54. The van der Waals surface area contributed by atoms with E-state index in [9.17, 15) is 8.42 Å². The van der Waals surface area contributed by atoms with E-state index in [1.807, 2.05) is 21.0 Å². The molecular formula is C16H22N4O4S. The van der Waals surface area contributed by atoms with Gasteiger partial charge < -0.3 is 14.4 Å². The summed E-state index contributed by atoms with van der Waals surface area (Å²) in [5, 5.41) is 0. The number of ether oxygens (including phenoxy) is 2. The molecular weight excluding hydrogens is 344 g/mol. The van der Waals surface area contributed by atoms with Crippen LogP contribution in [0, 0.1) is 6.92 Å². The molecule has 2 aromatic rings. The fraction of sp³-hybridized carbons (Fsp3) is 0.375. The molecule has 0 saturated heterocycles. The average molecular weight is 366 g/mol. The van der Waals surface area contributed by atoms with E-state index in [4.69, 9.17) is 9.47 Å². The van der Waals surface area contributed by atoms with Crippen molar-refractivity contribution in [3.05, 3.63) is 35.7 Å². The molecule has 0 aliphatic rings. The SMILES string of the molecule is COc1ccc(OC)c(S(=O)(=O)NCc2cc(C)nc(N(C)C)n2)c1. The zero-order valence-electron chi connectivity index (χ0n) is 14.9. The lowest BCUT2D eigenvalue weighted by atomic mass is 10.3. The zero-order chi connectivity index (χ0) is 18.6. The summed E-state index contributed by atoms with van der Waals surface area (Å²) in [5.74, 6) is 1.18. The molecule has 0 spiro atoms. The molecule has 2 rings (SSSR count). The normalized spacial score (nSPS) is 11.2. The number of hydrogen-bond acceptors (Lipinski definition) is 7. The lowest BCUT2D eigenvalue weighted by Crippen LogP contribution is -2.25. The van der Waals surface area contributed by atoms with Crippen molar-refractivity contribution in [3.63, 3.8) is 0 Å². The minimum Gasteiger partial charge on any atom is -0.497 e. The Bertz CT molecular complexity index is 853. The molecule has 1 aromatic carbocycles. The number of anilines is 1. The standard InChI is InChI=1S/C16H22N4O4S/c1-11-8-12(19-16(18-11)20(2)3)10-17-25(21,22)15-9-13(23-4)6-7-14(15)24-5/h6-9,17H,10H2,1-5H3. The third-order valence-corrected chi connectivity index (χ3v) is 4.82. The van der Waals surface area contributed by atoms with Crippen molar-refractivity contribution in [2.45, 2.75) is 18.4 Å². The maximum Gasteiger partial charge on any atom is 0.244 e. The fourth-order valence-electron chi connectivity index (χ4n) is 2.15. The molecule has 1 aromatic heterocycles. The molecule has 1 N–H and O–H groups in total. The monoisotopic (exact) mass is 366 g/mol. The molecule has 0 aliphatic heterocycles. The van der Waals surface area contributed by atoms with Gasteiger partial charge >= 0.3 is 0 Å². The Balaban J connectivity index is 2.28. The minimum atomic E-state index is -3.81. The van der Waals surface area contributed by atoms with Crippen molar-refractivity contribution in [2.75, 3.05) is 33.2 Å². The number of aryl methyl sites for hydroxylation is 1. The van der Waals surface area contributed by atoms with Crippen LogP contribution in [-0.4, -0.2) is 46.7 Å². The topological polar surface area (TPSA) is 93.6 Å². The van der Waals surface area contributed by atoms with Crippen LogP contribution in [0.1, 0.15) is 11.4 Å². The van der Waals surface area contributed by atoms with E-state index in [2.05, 4.69) is 14.7 Å². The highest BCUT2D eigenvalue weighted by Gasteiger charge is 2.21. The van der Waals surface area contributed by atoms with Gasteiger partial charge in [-0.05, 0) is 25.1 Å². The third-order valence-electron chi connectivity index (χ3n) is 3.40. The molecule has 0 aliphatic carbocycles. The first-order valence-electron chi connectivity index (χ1n) is 7.50. The van der Waals surface area contributed by atoms with Gasteiger partial charge in [-0.25, -0.2) is 23.1 Å². The van der Waals surface area contributed by atoms with Crippen LogP contribution in [0.4, 0.5) is 5.95 Å². The third kappa shape index (κ3) is 4.58. The van der Waals surface area contributed by atoms with Gasteiger partial charge in [0.05, 0.1) is 26.5 Å². The van der Waals surface area contributed by atoms with E-state index in [-0.39, 0.29) is 17.2 Å². The molecule has 0 fully saturated rings. The molecule has 8 nitrogen and oxygen atoms in total. The van der Waals surface area contributed by atoms with E-state index < -0.39 is 10.0 Å². The number of rotatable bonds is 7. The second-order valence-corrected chi connectivity index (χ2v) is 7.27. The van der Waals surface area contributed by atoms with Crippen molar-refractivity contribution < 1.29 is 17.9 Å². The number of methoxy groups -OCH3 is 2. The van der Waals surface area contributed by atoms with Crippen LogP contribution < -0.4 is 19.1 Å². The smallest absolute Gasteiger partial charge is 0.244 e. The molecule has 0 bridgehead atoms. The number of nitrogens with one attached hydrogen (secondary N) is 1. The van der Waals surface area contributed by atoms with Crippen LogP contribution in [-0.2, 0) is 16.6 Å². The Morgan fingerprint density at radius 1 is 1.12 bits per heavy atom. The summed E-state index contributed by atoms with van der Waals surface area (Å²) < 4.78 is 38.1. The quantitative estimate of drug-likeness (QED) is 0.790. The molecule has 0 unspecified atom stereocenters. The molecule has 0 radical (unpaired) electrons. The average Bonchev–Trinajstić information content (AvgIpc) is 2.59. The molecule has 0 amide bonds. The minimum absolute atomic E-state index is 0.00737. The predicted octanol–water partition coefficient (Wildman–Crippen LogP) is 1.35. The summed E-state index contributed by atoms with van der Waals surface area (Å²) in [6, 6.07) is 6.33. The van der Waals surface area contributed by atoms with Crippen molar-refractivity contribution in [3.8, 4) is 11.5 Å². The van der Waals surface area contributed by atoms with Gasteiger partial charge in [0.2, 0.25) is 16.0 Å². The Hall–Kier alpha value is -2.39. The van der Waals surface area contributed by atoms with Crippen molar-refractivity contribution >= 4 is 16.0 Å². The van der Waals surface area contributed by atoms with Gasteiger partial charge in [-0.2, -0.15) is 0 Å². The molecule has 1 heterocycles. The summed E-state index contributed by atoms with van der Waals surface area (Å²) in [6.45, 7) is 1.87. The second kappa shape index (κ2) is 7.66. The summed E-state index contributed by atoms with van der Waals surface area (Å²) in [4.78, 5) is 10.4. The van der Waals surface area contributed by atoms with Gasteiger partial charge in [0.15, 0.2) is 0 Å². The number of nitrogens with zero attached hydrogens (tertiary/aromatic N) is 3.